The quantitative estimate of drug-likeness (QED) is 0.763. The SMILES string of the molecule is CN(CC1CCN(Cc2ccccc2)CC1)C(=O)CCc1nncn1C. The minimum Gasteiger partial charge on any atom is -0.345 e. The Balaban J connectivity index is 1.38. The van der Waals surface area contributed by atoms with Gasteiger partial charge in [-0.15, -0.1) is 10.2 Å². The molecule has 0 bridgehead atoms. The molecule has 0 spiro atoms. The predicted octanol–water partition coefficient (Wildman–Crippen LogP) is 2.12. The van der Waals surface area contributed by atoms with Crippen molar-refractivity contribution in [3.63, 3.8) is 0 Å². The number of rotatable bonds is 7. The Labute approximate surface area is 155 Å². The molecule has 2 heterocycles. The summed E-state index contributed by atoms with van der Waals surface area (Å²) in [5.41, 5.74) is 1.38. The van der Waals surface area contributed by atoms with Crippen molar-refractivity contribution in [3.05, 3.63) is 48.0 Å². The number of aryl methyl sites for hydroxylation is 2. The Morgan fingerprint density at radius 1 is 1.23 bits per heavy atom. The molecule has 0 saturated carbocycles. The predicted molar refractivity (Wildman–Crippen MR) is 101 cm³/mol. The summed E-state index contributed by atoms with van der Waals surface area (Å²) in [4.78, 5) is 16.8. The van der Waals surface area contributed by atoms with Crippen LogP contribution in [0.4, 0.5) is 0 Å². The van der Waals surface area contributed by atoms with Gasteiger partial charge >= 0.3 is 0 Å². The standard InChI is InChI=1S/C20H29N5O/c1-23(20(26)9-8-19-22-21-16-24(19)2)14-18-10-12-25(13-11-18)15-17-6-4-3-5-7-17/h3-7,16,18H,8-15H2,1-2H3. The van der Waals surface area contributed by atoms with Gasteiger partial charge in [0.1, 0.15) is 12.2 Å². The number of nitrogens with zero attached hydrogens (tertiary/aromatic N) is 5. The molecular formula is C20H29N5O. The molecular weight excluding hydrogens is 326 g/mol. The van der Waals surface area contributed by atoms with Crippen molar-refractivity contribution < 1.29 is 4.79 Å². The van der Waals surface area contributed by atoms with Gasteiger partial charge < -0.3 is 9.47 Å². The minimum absolute atomic E-state index is 0.194. The number of hydrogen-bond donors (Lipinski definition) is 0. The molecule has 0 aliphatic carbocycles. The van der Waals surface area contributed by atoms with Gasteiger partial charge in [-0.2, -0.15) is 0 Å². The van der Waals surface area contributed by atoms with Crippen molar-refractivity contribution >= 4 is 5.91 Å². The van der Waals surface area contributed by atoms with Crippen LogP contribution in [0.15, 0.2) is 36.7 Å². The van der Waals surface area contributed by atoms with Crippen LogP contribution >= 0.6 is 0 Å². The van der Waals surface area contributed by atoms with Gasteiger partial charge in [0.2, 0.25) is 5.91 Å². The third-order valence-corrected chi connectivity index (χ3v) is 5.28. The maximum atomic E-state index is 12.4. The topological polar surface area (TPSA) is 54.3 Å². The van der Waals surface area contributed by atoms with Gasteiger partial charge in [0.15, 0.2) is 0 Å². The lowest BCUT2D eigenvalue weighted by molar-refractivity contribution is -0.130. The Morgan fingerprint density at radius 2 is 1.96 bits per heavy atom. The number of piperidine rings is 1. The largest absolute Gasteiger partial charge is 0.345 e. The van der Waals surface area contributed by atoms with Gasteiger partial charge in [0.05, 0.1) is 0 Å². The van der Waals surface area contributed by atoms with Gasteiger partial charge in [-0.3, -0.25) is 9.69 Å². The first-order valence-electron chi connectivity index (χ1n) is 9.45. The molecule has 6 heteroatoms. The lowest BCUT2D eigenvalue weighted by Gasteiger charge is -2.34. The lowest BCUT2D eigenvalue weighted by atomic mass is 9.95. The number of carbonyl (C=O) groups is 1. The smallest absolute Gasteiger partial charge is 0.222 e. The van der Waals surface area contributed by atoms with Crippen molar-refractivity contribution in [2.45, 2.75) is 32.2 Å². The highest BCUT2D eigenvalue weighted by Crippen LogP contribution is 2.20. The fraction of sp³-hybridized carbons (Fsp3) is 0.550. The lowest BCUT2D eigenvalue weighted by Crippen LogP contribution is -2.39. The summed E-state index contributed by atoms with van der Waals surface area (Å²) in [5.74, 6) is 1.66. The first kappa shape index (κ1) is 18.6. The van der Waals surface area contributed by atoms with Crippen LogP contribution in [0.25, 0.3) is 0 Å². The second-order valence-electron chi connectivity index (χ2n) is 7.34. The molecule has 2 aromatic rings. The Kier molecular flexibility index (Phi) is 6.39. The highest BCUT2D eigenvalue weighted by atomic mass is 16.2. The first-order chi connectivity index (χ1) is 12.6. The van der Waals surface area contributed by atoms with E-state index < -0.39 is 0 Å². The Hall–Kier alpha value is -2.21. The minimum atomic E-state index is 0.194. The first-order valence-corrected chi connectivity index (χ1v) is 9.45. The fourth-order valence-electron chi connectivity index (χ4n) is 3.60. The third-order valence-electron chi connectivity index (χ3n) is 5.28. The summed E-state index contributed by atoms with van der Waals surface area (Å²) in [7, 11) is 3.84. The van der Waals surface area contributed by atoms with Crippen LogP contribution in [0, 0.1) is 5.92 Å². The monoisotopic (exact) mass is 355 g/mol. The highest BCUT2D eigenvalue weighted by Gasteiger charge is 2.22. The maximum Gasteiger partial charge on any atom is 0.222 e. The summed E-state index contributed by atoms with van der Waals surface area (Å²) in [5, 5.41) is 7.90. The summed E-state index contributed by atoms with van der Waals surface area (Å²) >= 11 is 0. The van der Waals surface area contributed by atoms with E-state index in [9.17, 15) is 4.79 Å². The number of carbonyl (C=O) groups excluding carboxylic acids is 1. The van der Waals surface area contributed by atoms with E-state index in [4.69, 9.17) is 0 Å². The molecule has 0 unspecified atom stereocenters. The third kappa shape index (κ3) is 5.14. The van der Waals surface area contributed by atoms with Crippen molar-refractivity contribution in [3.8, 4) is 0 Å². The van der Waals surface area contributed by atoms with E-state index in [0.717, 1.165) is 44.8 Å². The molecule has 1 aromatic carbocycles. The Bertz CT molecular complexity index is 691. The molecule has 0 N–H and O–H groups in total. The second-order valence-corrected chi connectivity index (χ2v) is 7.34. The summed E-state index contributed by atoms with van der Waals surface area (Å²) < 4.78 is 1.87. The highest BCUT2D eigenvalue weighted by molar-refractivity contribution is 5.76. The normalized spacial score (nSPS) is 15.9. The summed E-state index contributed by atoms with van der Waals surface area (Å²) in [6.07, 6.45) is 5.14. The average Bonchev–Trinajstić information content (AvgIpc) is 3.07. The van der Waals surface area contributed by atoms with Crippen molar-refractivity contribution in [1.82, 2.24) is 24.6 Å². The molecule has 1 aliphatic heterocycles. The van der Waals surface area contributed by atoms with Crippen LogP contribution in [-0.4, -0.2) is 57.2 Å². The van der Waals surface area contributed by atoms with Gasteiger partial charge in [-0.05, 0) is 37.4 Å². The molecule has 0 radical (unpaired) electrons. The maximum absolute atomic E-state index is 12.4. The van der Waals surface area contributed by atoms with Crippen LogP contribution < -0.4 is 0 Å². The molecule has 6 nitrogen and oxygen atoms in total. The number of aromatic nitrogens is 3. The number of likely N-dealkylation sites (tertiary alicyclic amines) is 1. The van der Waals surface area contributed by atoms with E-state index in [-0.39, 0.29) is 5.91 Å². The molecule has 3 rings (SSSR count). The van der Waals surface area contributed by atoms with Gasteiger partial charge in [-0.1, -0.05) is 30.3 Å². The van der Waals surface area contributed by atoms with Crippen molar-refractivity contribution in [2.75, 3.05) is 26.7 Å². The molecule has 0 atom stereocenters. The van der Waals surface area contributed by atoms with E-state index in [1.165, 1.54) is 5.56 Å². The van der Waals surface area contributed by atoms with E-state index >= 15 is 0 Å². The summed E-state index contributed by atoms with van der Waals surface area (Å²) in [6.45, 7) is 4.11. The van der Waals surface area contributed by atoms with E-state index in [1.807, 2.05) is 23.6 Å². The van der Waals surface area contributed by atoms with Gasteiger partial charge in [-0.25, -0.2) is 0 Å². The number of benzene rings is 1. The molecule has 1 aliphatic rings. The van der Waals surface area contributed by atoms with Crippen LogP contribution in [-0.2, 0) is 24.8 Å². The van der Waals surface area contributed by atoms with Crippen LogP contribution in [0.2, 0.25) is 0 Å². The molecule has 1 saturated heterocycles. The molecule has 26 heavy (non-hydrogen) atoms. The fourth-order valence-corrected chi connectivity index (χ4v) is 3.60. The molecule has 1 amide bonds. The van der Waals surface area contributed by atoms with Gasteiger partial charge in [0.25, 0.3) is 0 Å². The van der Waals surface area contributed by atoms with Crippen molar-refractivity contribution in [1.29, 1.82) is 0 Å². The zero-order valence-electron chi connectivity index (χ0n) is 15.8. The zero-order chi connectivity index (χ0) is 18.4. The van der Waals surface area contributed by atoms with E-state index in [2.05, 4.69) is 45.4 Å². The summed E-state index contributed by atoms with van der Waals surface area (Å²) in [6, 6.07) is 10.6. The number of hydrogen-bond acceptors (Lipinski definition) is 4. The molecule has 1 fully saturated rings. The molecule has 140 valence electrons. The second kappa shape index (κ2) is 8.94. The molecule has 1 aromatic heterocycles. The van der Waals surface area contributed by atoms with E-state index in [1.54, 1.807) is 6.33 Å². The van der Waals surface area contributed by atoms with Crippen molar-refractivity contribution in [2.24, 2.45) is 13.0 Å². The van der Waals surface area contributed by atoms with Crippen LogP contribution in [0.1, 0.15) is 30.7 Å². The Morgan fingerprint density at radius 3 is 2.62 bits per heavy atom. The van der Waals surface area contributed by atoms with Crippen LogP contribution in [0.3, 0.4) is 0 Å². The number of amides is 1. The average molecular weight is 355 g/mol. The zero-order valence-corrected chi connectivity index (χ0v) is 15.8. The van der Waals surface area contributed by atoms with E-state index in [0.29, 0.717) is 18.8 Å². The van der Waals surface area contributed by atoms with Crippen LogP contribution in [0.5, 0.6) is 0 Å². The van der Waals surface area contributed by atoms with Gasteiger partial charge in [0, 0.05) is 40.0 Å².